The van der Waals surface area contributed by atoms with Crippen molar-refractivity contribution in [2.75, 3.05) is 13.7 Å². The lowest BCUT2D eigenvalue weighted by atomic mass is 9.88. The third kappa shape index (κ3) is 3.34. The molecule has 166 valence electrons. The van der Waals surface area contributed by atoms with E-state index in [0.717, 1.165) is 5.56 Å². The van der Waals surface area contributed by atoms with Crippen molar-refractivity contribution in [2.24, 2.45) is 0 Å². The van der Waals surface area contributed by atoms with Crippen LogP contribution in [0.2, 0.25) is 0 Å². The molecular weight excluding hydrogens is 424 g/mol. The second kappa shape index (κ2) is 7.63. The fourth-order valence-corrected chi connectivity index (χ4v) is 4.34. The second-order valence-corrected chi connectivity index (χ2v) is 7.95. The molecule has 2 aliphatic heterocycles. The number of nitrogens with zero attached hydrogens (tertiary/aromatic N) is 2. The van der Waals surface area contributed by atoms with Crippen LogP contribution in [0.15, 0.2) is 60.8 Å². The fraction of sp³-hybridized carbons (Fsp3) is 0.167. The molecule has 33 heavy (non-hydrogen) atoms. The number of carbonyl (C=O) groups excluding carboxylic acids is 3. The maximum Gasteiger partial charge on any atom is 0.322 e. The SMILES string of the molecule is COc1ccc2c(c1)C(=O)N(C[C@@]1(c3ccc(-c4cccnc4O)cc3)NC(=O)NC1=O)C2. The highest BCUT2D eigenvalue weighted by Crippen LogP contribution is 2.34. The van der Waals surface area contributed by atoms with Crippen LogP contribution in [0.5, 0.6) is 11.6 Å². The number of ether oxygens (including phenoxy) is 1. The van der Waals surface area contributed by atoms with E-state index in [-0.39, 0.29) is 18.3 Å². The number of aromatic hydroxyl groups is 1. The third-order valence-electron chi connectivity index (χ3n) is 6.04. The van der Waals surface area contributed by atoms with E-state index in [0.29, 0.717) is 34.5 Å². The lowest BCUT2D eigenvalue weighted by molar-refractivity contribution is -0.124. The van der Waals surface area contributed by atoms with Crippen molar-refractivity contribution < 1.29 is 24.2 Å². The zero-order valence-corrected chi connectivity index (χ0v) is 17.7. The Hall–Kier alpha value is -4.40. The Morgan fingerprint density at radius 1 is 1.09 bits per heavy atom. The number of hydrogen-bond acceptors (Lipinski definition) is 6. The molecule has 1 aromatic heterocycles. The van der Waals surface area contributed by atoms with Crippen molar-refractivity contribution in [3.63, 3.8) is 0 Å². The molecule has 9 heteroatoms. The summed E-state index contributed by atoms with van der Waals surface area (Å²) in [5, 5.41) is 15.0. The lowest BCUT2D eigenvalue weighted by Gasteiger charge is -2.31. The predicted molar refractivity (Wildman–Crippen MR) is 117 cm³/mol. The van der Waals surface area contributed by atoms with E-state index >= 15 is 0 Å². The quantitative estimate of drug-likeness (QED) is 0.519. The Balaban J connectivity index is 1.49. The second-order valence-electron chi connectivity index (χ2n) is 7.95. The van der Waals surface area contributed by atoms with E-state index in [2.05, 4.69) is 15.6 Å². The molecule has 3 N–H and O–H groups in total. The summed E-state index contributed by atoms with van der Waals surface area (Å²) in [7, 11) is 1.53. The highest BCUT2D eigenvalue weighted by Gasteiger charge is 2.50. The molecule has 0 bridgehead atoms. The molecule has 3 heterocycles. The lowest BCUT2D eigenvalue weighted by Crippen LogP contribution is -2.52. The minimum absolute atomic E-state index is 0.0438. The fourth-order valence-electron chi connectivity index (χ4n) is 4.34. The maximum absolute atomic E-state index is 13.1. The van der Waals surface area contributed by atoms with Gasteiger partial charge in [0.05, 0.1) is 13.7 Å². The molecule has 0 unspecified atom stereocenters. The number of rotatable bonds is 5. The van der Waals surface area contributed by atoms with Gasteiger partial charge in [-0.3, -0.25) is 14.9 Å². The number of benzene rings is 2. The molecule has 2 aromatic carbocycles. The van der Waals surface area contributed by atoms with Crippen LogP contribution in [0.1, 0.15) is 21.5 Å². The van der Waals surface area contributed by atoms with E-state index < -0.39 is 17.5 Å². The zero-order valence-electron chi connectivity index (χ0n) is 17.7. The van der Waals surface area contributed by atoms with E-state index in [1.807, 2.05) is 6.07 Å². The Bertz CT molecular complexity index is 1290. The first-order valence-electron chi connectivity index (χ1n) is 10.3. The Labute approximate surface area is 189 Å². The van der Waals surface area contributed by atoms with Gasteiger partial charge in [0.2, 0.25) is 5.88 Å². The van der Waals surface area contributed by atoms with Crippen LogP contribution < -0.4 is 15.4 Å². The topological polar surface area (TPSA) is 121 Å². The monoisotopic (exact) mass is 444 g/mol. The van der Waals surface area contributed by atoms with Gasteiger partial charge in [-0.05, 0) is 41.0 Å². The minimum atomic E-state index is -1.45. The summed E-state index contributed by atoms with van der Waals surface area (Å²) in [5.74, 6) is -0.317. The third-order valence-corrected chi connectivity index (χ3v) is 6.04. The van der Waals surface area contributed by atoms with Crippen molar-refractivity contribution in [2.45, 2.75) is 12.1 Å². The molecule has 2 aliphatic rings. The van der Waals surface area contributed by atoms with E-state index in [4.69, 9.17) is 4.74 Å². The Morgan fingerprint density at radius 3 is 2.55 bits per heavy atom. The molecule has 9 nitrogen and oxygen atoms in total. The summed E-state index contributed by atoms with van der Waals surface area (Å²) in [4.78, 5) is 43.6. The average Bonchev–Trinajstić information content (AvgIpc) is 3.29. The summed E-state index contributed by atoms with van der Waals surface area (Å²) >= 11 is 0. The molecule has 0 saturated carbocycles. The van der Waals surface area contributed by atoms with Crippen LogP contribution in [-0.2, 0) is 16.9 Å². The van der Waals surface area contributed by atoms with Crippen LogP contribution in [0.3, 0.4) is 0 Å². The normalized spacial score (nSPS) is 19.3. The molecule has 5 rings (SSSR count). The number of imide groups is 1. The van der Waals surface area contributed by atoms with Crippen LogP contribution in [0.4, 0.5) is 4.79 Å². The standard InChI is InChI=1S/C24H20N4O5/c1-33-17-9-6-15-12-28(21(30)19(15)11-17)13-24(22(31)26-23(32)27-24)16-7-4-14(5-8-16)18-3-2-10-25-20(18)29/h2-11H,12-13H2,1H3,(H,25,29)(H2,26,27,31,32)/t24-/m0/s1. The van der Waals surface area contributed by atoms with Crippen LogP contribution in [-0.4, -0.2) is 46.5 Å². The number of nitrogens with one attached hydrogen (secondary N) is 2. The van der Waals surface area contributed by atoms with Gasteiger partial charge in [-0.15, -0.1) is 0 Å². The number of pyridine rings is 1. The van der Waals surface area contributed by atoms with Crippen molar-refractivity contribution >= 4 is 17.8 Å². The summed E-state index contributed by atoms with van der Waals surface area (Å²) < 4.78 is 5.22. The van der Waals surface area contributed by atoms with Crippen LogP contribution in [0, 0.1) is 0 Å². The predicted octanol–water partition coefficient (Wildman–Crippen LogP) is 2.15. The molecule has 3 aromatic rings. The van der Waals surface area contributed by atoms with Gasteiger partial charge in [-0.2, -0.15) is 0 Å². The number of hydrogen-bond donors (Lipinski definition) is 3. The van der Waals surface area contributed by atoms with Gasteiger partial charge in [0.1, 0.15) is 5.75 Å². The van der Waals surface area contributed by atoms with Crippen molar-refractivity contribution in [1.29, 1.82) is 0 Å². The van der Waals surface area contributed by atoms with Gasteiger partial charge < -0.3 is 20.1 Å². The summed E-state index contributed by atoms with van der Waals surface area (Å²) in [5.41, 5.74) is 1.63. The largest absolute Gasteiger partial charge is 0.497 e. The summed E-state index contributed by atoms with van der Waals surface area (Å²) in [6.45, 7) is 0.266. The van der Waals surface area contributed by atoms with E-state index in [1.54, 1.807) is 48.5 Å². The van der Waals surface area contributed by atoms with Gasteiger partial charge >= 0.3 is 6.03 Å². The van der Waals surface area contributed by atoms with Gasteiger partial charge in [-0.1, -0.05) is 30.3 Å². The number of amides is 4. The van der Waals surface area contributed by atoms with Gasteiger partial charge in [-0.25, -0.2) is 9.78 Å². The number of fused-ring (bicyclic) bond motifs is 1. The Morgan fingerprint density at radius 2 is 1.88 bits per heavy atom. The number of urea groups is 1. The minimum Gasteiger partial charge on any atom is -0.497 e. The van der Waals surface area contributed by atoms with Crippen molar-refractivity contribution in [3.05, 3.63) is 77.5 Å². The summed E-state index contributed by atoms with van der Waals surface area (Å²) in [6, 6.07) is 14.9. The smallest absolute Gasteiger partial charge is 0.322 e. The first kappa shape index (κ1) is 20.5. The van der Waals surface area contributed by atoms with Gasteiger partial charge in [0, 0.05) is 23.9 Å². The van der Waals surface area contributed by atoms with E-state index in [9.17, 15) is 19.5 Å². The number of methoxy groups -OCH3 is 1. The molecule has 1 fully saturated rings. The number of carbonyl (C=O) groups is 3. The highest BCUT2D eigenvalue weighted by atomic mass is 16.5. The molecular formula is C24H20N4O5. The molecule has 4 amide bonds. The molecule has 0 aliphatic carbocycles. The Kier molecular flexibility index (Phi) is 4.74. The van der Waals surface area contributed by atoms with Crippen molar-refractivity contribution in [3.8, 4) is 22.8 Å². The first-order valence-corrected chi connectivity index (χ1v) is 10.3. The highest BCUT2D eigenvalue weighted by molar-refractivity contribution is 6.08. The van der Waals surface area contributed by atoms with Crippen molar-refractivity contribution in [1.82, 2.24) is 20.5 Å². The average molecular weight is 444 g/mol. The van der Waals surface area contributed by atoms with Gasteiger partial charge in [0.25, 0.3) is 11.8 Å². The zero-order chi connectivity index (χ0) is 23.2. The molecule has 1 saturated heterocycles. The first-order chi connectivity index (χ1) is 15.9. The molecule has 0 spiro atoms. The van der Waals surface area contributed by atoms with Crippen LogP contribution in [0.25, 0.3) is 11.1 Å². The maximum atomic E-state index is 13.1. The van der Waals surface area contributed by atoms with E-state index in [1.165, 1.54) is 18.2 Å². The van der Waals surface area contributed by atoms with Gasteiger partial charge in [0.15, 0.2) is 5.54 Å². The molecule has 0 radical (unpaired) electrons. The summed E-state index contributed by atoms with van der Waals surface area (Å²) in [6.07, 6.45) is 1.49. The molecule has 1 atom stereocenters. The van der Waals surface area contributed by atoms with Crippen LogP contribution >= 0.6 is 0 Å². The number of aromatic nitrogens is 1.